The van der Waals surface area contributed by atoms with E-state index in [2.05, 4.69) is 94.1 Å². The molecule has 0 radical (unpaired) electrons. The molecule has 1 aliphatic rings. The van der Waals surface area contributed by atoms with E-state index in [-0.39, 0.29) is 6.61 Å². The van der Waals surface area contributed by atoms with Gasteiger partial charge in [0, 0.05) is 27.4 Å². The number of rotatable bonds is 3. The number of allylic oxidation sites excluding steroid dienone is 1. The van der Waals surface area contributed by atoms with Crippen molar-refractivity contribution in [3.05, 3.63) is 108 Å². The molecule has 1 N–H and O–H groups in total. The summed E-state index contributed by atoms with van der Waals surface area (Å²) in [5.74, 6) is 1.66. The van der Waals surface area contributed by atoms with Crippen LogP contribution in [0.5, 0.6) is 0 Å². The van der Waals surface area contributed by atoms with Crippen molar-refractivity contribution in [3.8, 4) is 11.6 Å². The fourth-order valence-corrected chi connectivity index (χ4v) is 5.48. The van der Waals surface area contributed by atoms with Crippen LogP contribution in [0.2, 0.25) is 0 Å². The molecule has 0 unspecified atom stereocenters. The molecule has 3 aromatic heterocycles. The highest BCUT2D eigenvalue weighted by Gasteiger charge is 2.20. The smallest absolute Gasteiger partial charge is 0.140 e. The van der Waals surface area contributed by atoms with Crippen molar-refractivity contribution in [2.75, 3.05) is 0 Å². The van der Waals surface area contributed by atoms with Gasteiger partial charge < -0.3 is 5.11 Å². The highest BCUT2D eigenvalue weighted by Crippen LogP contribution is 2.35. The molecule has 1 aliphatic carbocycles. The van der Waals surface area contributed by atoms with Gasteiger partial charge >= 0.3 is 0 Å². The monoisotopic (exact) mass is 441 g/mol. The van der Waals surface area contributed by atoms with E-state index in [9.17, 15) is 5.11 Å². The van der Waals surface area contributed by atoms with Gasteiger partial charge in [-0.15, -0.1) is 0 Å². The van der Waals surface area contributed by atoms with E-state index in [1.54, 1.807) is 0 Å². The molecule has 4 nitrogen and oxygen atoms in total. The van der Waals surface area contributed by atoms with Crippen LogP contribution in [-0.2, 0) is 13.0 Å². The summed E-state index contributed by atoms with van der Waals surface area (Å²) in [6, 6.07) is 29.4. The van der Waals surface area contributed by atoms with Gasteiger partial charge in [0.05, 0.1) is 23.2 Å². The lowest BCUT2D eigenvalue weighted by atomic mass is 10.0. The molecule has 0 bridgehead atoms. The Balaban J connectivity index is 1.56. The SMILES string of the molecule is OCc1cc(-n2c3c(c4ccccc42)C=CCC3)nc(-n2c3ccccc3c3ccccc32)c1. The van der Waals surface area contributed by atoms with Crippen LogP contribution in [0.4, 0.5) is 0 Å². The van der Waals surface area contributed by atoms with Crippen molar-refractivity contribution in [1.82, 2.24) is 14.1 Å². The first-order valence-electron chi connectivity index (χ1n) is 11.7. The summed E-state index contributed by atoms with van der Waals surface area (Å²) in [6.07, 6.45) is 6.47. The summed E-state index contributed by atoms with van der Waals surface area (Å²) in [6.45, 7) is -0.0407. The number of benzene rings is 3. The fraction of sp³-hybridized carbons (Fsp3) is 0.100. The maximum atomic E-state index is 10.2. The van der Waals surface area contributed by atoms with Crippen LogP contribution in [0, 0.1) is 0 Å². The molecule has 0 fully saturated rings. The van der Waals surface area contributed by atoms with Gasteiger partial charge in [0.15, 0.2) is 0 Å². The van der Waals surface area contributed by atoms with Gasteiger partial charge in [0.2, 0.25) is 0 Å². The van der Waals surface area contributed by atoms with E-state index in [4.69, 9.17) is 4.98 Å². The van der Waals surface area contributed by atoms with Crippen LogP contribution in [0.25, 0.3) is 50.4 Å². The molecule has 3 aromatic carbocycles. The zero-order chi connectivity index (χ0) is 22.6. The van der Waals surface area contributed by atoms with Gasteiger partial charge in [-0.25, -0.2) is 4.98 Å². The average molecular weight is 442 g/mol. The van der Waals surface area contributed by atoms with Gasteiger partial charge in [-0.1, -0.05) is 66.7 Å². The number of fused-ring (bicyclic) bond motifs is 6. The zero-order valence-corrected chi connectivity index (χ0v) is 18.6. The summed E-state index contributed by atoms with van der Waals surface area (Å²) in [4.78, 5) is 5.22. The van der Waals surface area contributed by atoms with Crippen molar-refractivity contribution < 1.29 is 5.11 Å². The van der Waals surface area contributed by atoms with Crippen molar-refractivity contribution in [2.24, 2.45) is 0 Å². The number of hydrogen-bond acceptors (Lipinski definition) is 2. The van der Waals surface area contributed by atoms with Crippen LogP contribution in [-0.4, -0.2) is 19.2 Å². The molecule has 4 heteroatoms. The van der Waals surface area contributed by atoms with Crippen LogP contribution >= 0.6 is 0 Å². The molecular weight excluding hydrogens is 418 g/mol. The number of aliphatic hydroxyl groups excluding tert-OH is 1. The molecule has 7 rings (SSSR count). The minimum atomic E-state index is -0.0407. The molecule has 34 heavy (non-hydrogen) atoms. The zero-order valence-electron chi connectivity index (χ0n) is 18.6. The minimum Gasteiger partial charge on any atom is -0.392 e. The number of hydrogen-bond donors (Lipinski definition) is 1. The van der Waals surface area contributed by atoms with Crippen molar-refractivity contribution in [1.29, 1.82) is 0 Å². The Kier molecular flexibility index (Phi) is 4.23. The lowest BCUT2D eigenvalue weighted by Gasteiger charge is -2.16. The Labute approximate surface area is 197 Å². The quantitative estimate of drug-likeness (QED) is 0.337. The fourth-order valence-electron chi connectivity index (χ4n) is 5.48. The van der Waals surface area contributed by atoms with E-state index >= 15 is 0 Å². The molecule has 0 spiro atoms. The number of aliphatic hydroxyl groups is 1. The Hall–Kier alpha value is -4.15. The molecule has 0 atom stereocenters. The molecule has 6 aromatic rings. The predicted molar refractivity (Wildman–Crippen MR) is 139 cm³/mol. The predicted octanol–water partition coefficient (Wildman–Crippen LogP) is 6.57. The summed E-state index contributed by atoms with van der Waals surface area (Å²) < 4.78 is 4.50. The van der Waals surface area contributed by atoms with Gasteiger partial charge in [0.25, 0.3) is 0 Å². The van der Waals surface area contributed by atoms with Gasteiger partial charge in [-0.05, 0) is 48.7 Å². The van der Waals surface area contributed by atoms with Crippen molar-refractivity contribution in [2.45, 2.75) is 19.4 Å². The van der Waals surface area contributed by atoms with Crippen molar-refractivity contribution >= 4 is 38.8 Å². The van der Waals surface area contributed by atoms with E-state index in [0.717, 1.165) is 46.6 Å². The first-order chi connectivity index (χ1) is 16.8. The topological polar surface area (TPSA) is 43.0 Å². The second kappa shape index (κ2) is 7.44. The van der Waals surface area contributed by atoms with Gasteiger partial charge in [-0.3, -0.25) is 9.13 Å². The summed E-state index contributed by atoms with van der Waals surface area (Å²) in [7, 11) is 0. The molecular formula is C30H23N3O. The third-order valence-electron chi connectivity index (χ3n) is 6.93. The highest BCUT2D eigenvalue weighted by molar-refractivity contribution is 6.09. The number of aromatic nitrogens is 3. The third kappa shape index (κ3) is 2.72. The Bertz CT molecular complexity index is 1700. The number of pyridine rings is 1. The Morgan fingerprint density at radius 3 is 1.91 bits per heavy atom. The second-order valence-electron chi connectivity index (χ2n) is 8.87. The van der Waals surface area contributed by atoms with Gasteiger partial charge in [-0.2, -0.15) is 0 Å². The first-order valence-corrected chi connectivity index (χ1v) is 11.7. The molecule has 0 amide bonds. The maximum absolute atomic E-state index is 10.2. The van der Waals surface area contributed by atoms with Crippen LogP contribution in [0.1, 0.15) is 23.2 Å². The molecule has 0 saturated carbocycles. The minimum absolute atomic E-state index is 0.0407. The summed E-state index contributed by atoms with van der Waals surface area (Å²) >= 11 is 0. The Morgan fingerprint density at radius 2 is 1.26 bits per heavy atom. The van der Waals surface area contributed by atoms with Gasteiger partial charge in [0.1, 0.15) is 11.6 Å². The molecule has 0 aliphatic heterocycles. The van der Waals surface area contributed by atoms with Crippen LogP contribution in [0.3, 0.4) is 0 Å². The highest BCUT2D eigenvalue weighted by atomic mass is 16.3. The van der Waals surface area contributed by atoms with Crippen LogP contribution in [0.15, 0.2) is 91.0 Å². The first kappa shape index (κ1) is 19.3. The molecule has 3 heterocycles. The maximum Gasteiger partial charge on any atom is 0.140 e. The van der Waals surface area contributed by atoms with E-state index < -0.39 is 0 Å². The normalized spacial score (nSPS) is 13.2. The van der Waals surface area contributed by atoms with E-state index in [0.29, 0.717) is 0 Å². The van der Waals surface area contributed by atoms with Crippen LogP contribution < -0.4 is 0 Å². The van der Waals surface area contributed by atoms with Crippen molar-refractivity contribution in [3.63, 3.8) is 0 Å². The average Bonchev–Trinajstić information content (AvgIpc) is 3.42. The standard InChI is InChI=1S/C30H23N3O/c34-19-20-17-29(32-25-13-5-1-9-21(25)22-10-2-6-14-26(22)32)31-30(18-20)33-27-15-7-3-11-23(27)24-12-4-8-16-28(24)33/h1-7,9-15,17-18,34H,8,16,19H2. The summed E-state index contributed by atoms with van der Waals surface area (Å²) in [5, 5.41) is 13.8. The number of para-hydroxylation sites is 3. The number of nitrogens with zero attached hydrogens (tertiary/aromatic N) is 3. The largest absolute Gasteiger partial charge is 0.392 e. The van der Waals surface area contributed by atoms with E-state index in [1.807, 2.05) is 12.1 Å². The molecule has 164 valence electrons. The lowest BCUT2D eigenvalue weighted by molar-refractivity contribution is 0.281. The second-order valence-corrected chi connectivity index (χ2v) is 8.87. The third-order valence-corrected chi connectivity index (χ3v) is 6.93. The molecule has 0 saturated heterocycles. The lowest BCUT2D eigenvalue weighted by Crippen LogP contribution is -2.08. The Morgan fingerprint density at radius 1 is 0.706 bits per heavy atom. The van der Waals surface area contributed by atoms with E-state index in [1.165, 1.54) is 27.4 Å². The summed E-state index contributed by atoms with van der Waals surface area (Å²) in [5.41, 5.74) is 6.77.